The maximum Gasteiger partial charge on any atom is 0.337 e. The summed E-state index contributed by atoms with van der Waals surface area (Å²) in [7, 11) is 0. The molecule has 2 aromatic rings. The van der Waals surface area contributed by atoms with Crippen molar-refractivity contribution >= 4 is 17.6 Å². The second-order valence-corrected chi connectivity index (χ2v) is 4.11. The Kier molecular flexibility index (Phi) is 3.11. The molecule has 0 aliphatic rings. The molecule has 1 aromatic heterocycles. The summed E-state index contributed by atoms with van der Waals surface area (Å²) in [5.74, 6) is -0.967. The molecule has 1 aromatic carbocycles. The highest BCUT2D eigenvalue weighted by atomic mass is 35.5. The lowest BCUT2D eigenvalue weighted by atomic mass is 10.0. The van der Waals surface area contributed by atoms with E-state index in [0.717, 1.165) is 11.1 Å². The number of hydrogen-bond donors (Lipinski definition) is 1. The Bertz CT molecular complexity index is 564. The van der Waals surface area contributed by atoms with E-state index in [9.17, 15) is 4.79 Å². The van der Waals surface area contributed by atoms with Crippen molar-refractivity contribution in [3.63, 3.8) is 0 Å². The van der Waals surface area contributed by atoms with Crippen molar-refractivity contribution in [2.75, 3.05) is 0 Å². The molecule has 0 spiro atoms. The molecule has 4 heteroatoms. The molecule has 0 unspecified atom stereocenters. The van der Waals surface area contributed by atoms with Crippen LogP contribution in [0, 0.1) is 6.92 Å². The van der Waals surface area contributed by atoms with Crippen LogP contribution < -0.4 is 0 Å². The average molecular weight is 248 g/mol. The summed E-state index contributed by atoms with van der Waals surface area (Å²) in [4.78, 5) is 15.1. The van der Waals surface area contributed by atoms with Crippen LogP contribution in [0.5, 0.6) is 0 Å². The van der Waals surface area contributed by atoms with Gasteiger partial charge in [0.25, 0.3) is 0 Å². The van der Waals surface area contributed by atoms with Crippen molar-refractivity contribution in [3.8, 4) is 11.1 Å². The first-order valence-electron chi connectivity index (χ1n) is 5.04. The van der Waals surface area contributed by atoms with Crippen molar-refractivity contribution < 1.29 is 9.90 Å². The SMILES string of the molecule is Cc1ncc(-c2ccc(Cl)cc2)cc1C(=O)O. The van der Waals surface area contributed by atoms with Gasteiger partial charge in [0.05, 0.1) is 11.3 Å². The van der Waals surface area contributed by atoms with E-state index in [2.05, 4.69) is 4.98 Å². The molecule has 2 rings (SSSR count). The smallest absolute Gasteiger partial charge is 0.337 e. The van der Waals surface area contributed by atoms with E-state index >= 15 is 0 Å². The number of pyridine rings is 1. The first kappa shape index (κ1) is 11.6. The lowest BCUT2D eigenvalue weighted by Crippen LogP contribution is -2.01. The Morgan fingerprint density at radius 2 is 1.88 bits per heavy atom. The molecule has 17 heavy (non-hydrogen) atoms. The molecular formula is C13H10ClNO2. The Hall–Kier alpha value is -1.87. The second kappa shape index (κ2) is 4.55. The van der Waals surface area contributed by atoms with Gasteiger partial charge in [-0.2, -0.15) is 0 Å². The van der Waals surface area contributed by atoms with Crippen molar-refractivity contribution in [1.82, 2.24) is 4.98 Å². The zero-order valence-corrected chi connectivity index (χ0v) is 9.90. The number of rotatable bonds is 2. The van der Waals surface area contributed by atoms with E-state index in [-0.39, 0.29) is 5.56 Å². The molecule has 3 nitrogen and oxygen atoms in total. The van der Waals surface area contributed by atoms with Gasteiger partial charge in [-0.15, -0.1) is 0 Å². The lowest BCUT2D eigenvalue weighted by Gasteiger charge is -2.05. The minimum absolute atomic E-state index is 0.220. The number of carboxylic acids is 1. The number of carbonyl (C=O) groups is 1. The van der Waals surface area contributed by atoms with Crippen molar-refractivity contribution in [2.24, 2.45) is 0 Å². The summed E-state index contributed by atoms with van der Waals surface area (Å²) in [5, 5.41) is 9.67. The van der Waals surface area contributed by atoms with E-state index in [1.807, 2.05) is 12.1 Å². The Morgan fingerprint density at radius 3 is 2.47 bits per heavy atom. The van der Waals surface area contributed by atoms with E-state index < -0.39 is 5.97 Å². The number of aromatic carboxylic acids is 1. The molecule has 0 aliphatic heterocycles. The zero-order valence-electron chi connectivity index (χ0n) is 9.14. The maximum atomic E-state index is 11.0. The summed E-state index contributed by atoms with van der Waals surface area (Å²) in [6.07, 6.45) is 1.66. The highest BCUT2D eigenvalue weighted by Gasteiger charge is 2.09. The van der Waals surface area contributed by atoms with Crippen LogP contribution in [-0.2, 0) is 0 Å². The van der Waals surface area contributed by atoms with Crippen LogP contribution in [0.1, 0.15) is 16.1 Å². The minimum atomic E-state index is -0.967. The number of hydrogen-bond acceptors (Lipinski definition) is 2. The third-order valence-corrected chi connectivity index (χ3v) is 2.75. The normalized spacial score (nSPS) is 10.2. The van der Waals surface area contributed by atoms with Crippen LogP contribution in [0.25, 0.3) is 11.1 Å². The maximum absolute atomic E-state index is 11.0. The number of carboxylic acid groups (broad SMARTS) is 1. The summed E-state index contributed by atoms with van der Waals surface area (Å²) in [6, 6.07) is 8.81. The van der Waals surface area contributed by atoms with Gasteiger partial charge in [-0.25, -0.2) is 4.79 Å². The number of benzene rings is 1. The Labute approximate surface area is 104 Å². The van der Waals surface area contributed by atoms with Crippen molar-refractivity contribution in [2.45, 2.75) is 6.92 Å². The molecule has 0 radical (unpaired) electrons. The molecule has 0 aliphatic carbocycles. The predicted octanol–water partition coefficient (Wildman–Crippen LogP) is 3.41. The molecule has 0 atom stereocenters. The van der Waals surface area contributed by atoms with E-state index in [4.69, 9.17) is 16.7 Å². The van der Waals surface area contributed by atoms with Gasteiger partial charge in [0.2, 0.25) is 0 Å². The molecule has 1 heterocycles. The summed E-state index contributed by atoms with van der Waals surface area (Å²) >= 11 is 5.80. The quantitative estimate of drug-likeness (QED) is 0.885. The summed E-state index contributed by atoms with van der Waals surface area (Å²) in [5.41, 5.74) is 2.39. The van der Waals surface area contributed by atoms with Gasteiger partial charge in [-0.1, -0.05) is 23.7 Å². The van der Waals surface area contributed by atoms with Gasteiger partial charge in [0.15, 0.2) is 0 Å². The number of halogens is 1. The second-order valence-electron chi connectivity index (χ2n) is 3.67. The molecule has 1 N–H and O–H groups in total. The average Bonchev–Trinajstić information content (AvgIpc) is 2.30. The van der Waals surface area contributed by atoms with E-state index in [1.54, 1.807) is 31.3 Å². The number of aryl methyl sites for hydroxylation is 1. The van der Waals surface area contributed by atoms with Crippen LogP contribution in [0.3, 0.4) is 0 Å². The molecule has 0 bridgehead atoms. The largest absolute Gasteiger partial charge is 0.478 e. The number of nitrogens with zero attached hydrogens (tertiary/aromatic N) is 1. The Balaban J connectivity index is 2.50. The van der Waals surface area contributed by atoms with E-state index in [1.165, 1.54) is 0 Å². The van der Waals surface area contributed by atoms with Gasteiger partial charge in [-0.05, 0) is 30.7 Å². The van der Waals surface area contributed by atoms with Crippen molar-refractivity contribution in [3.05, 3.63) is 52.8 Å². The first-order chi connectivity index (χ1) is 8.08. The third kappa shape index (κ3) is 2.45. The lowest BCUT2D eigenvalue weighted by molar-refractivity contribution is 0.0695. The fraction of sp³-hybridized carbons (Fsp3) is 0.0769. The standard InChI is InChI=1S/C13H10ClNO2/c1-8-12(13(16)17)6-10(7-15-8)9-2-4-11(14)5-3-9/h2-7H,1H3,(H,16,17). The molecule has 0 amide bonds. The fourth-order valence-electron chi connectivity index (χ4n) is 1.55. The van der Waals surface area contributed by atoms with Gasteiger partial charge < -0.3 is 5.11 Å². The van der Waals surface area contributed by atoms with E-state index in [0.29, 0.717) is 10.7 Å². The van der Waals surface area contributed by atoms with Gasteiger partial charge in [0.1, 0.15) is 0 Å². The monoisotopic (exact) mass is 247 g/mol. The summed E-state index contributed by atoms with van der Waals surface area (Å²) in [6.45, 7) is 1.68. The highest BCUT2D eigenvalue weighted by molar-refractivity contribution is 6.30. The summed E-state index contributed by atoms with van der Waals surface area (Å²) < 4.78 is 0. The Morgan fingerprint density at radius 1 is 1.24 bits per heavy atom. The third-order valence-electron chi connectivity index (χ3n) is 2.49. The molecular weight excluding hydrogens is 238 g/mol. The van der Waals surface area contributed by atoms with Crippen LogP contribution in [0.15, 0.2) is 36.5 Å². The fourth-order valence-corrected chi connectivity index (χ4v) is 1.68. The molecule has 0 saturated heterocycles. The highest BCUT2D eigenvalue weighted by Crippen LogP contribution is 2.22. The van der Waals surface area contributed by atoms with Crippen LogP contribution in [0.2, 0.25) is 5.02 Å². The molecule has 0 fully saturated rings. The number of aromatic nitrogens is 1. The van der Waals surface area contributed by atoms with Gasteiger partial charge in [0, 0.05) is 16.8 Å². The zero-order chi connectivity index (χ0) is 12.4. The first-order valence-corrected chi connectivity index (χ1v) is 5.41. The topological polar surface area (TPSA) is 50.2 Å². The van der Waals surface area contributed by atoms with Crippen LogP contribution in [0.4, 0.5) is 0 Å². The van der Waals surface area contributed by atoms with Crippen molar-refractivity contribution in [1.29, 1.82) is 0 Å². The van der Waals surface area contributed by atoms with Gasteiger partial charge in [-0.3, -0.25) is 4.98 Å². The van der Waals surface area contributed by atoms with Crippen LogP contribution >= 0.6 is 11.6 Å². The minimum Gasteiger partial charge on any atom is -0.478 e. The van der Waals surface area contributed by atoms with Crippen LogP contribution in [-0.4, -0.2) is 16.1 Å². The van der Waals surface area contributed by atoms with Gasteiger partial charge >= 0.3 is 5.97 Å². The molecule has 86 valence electrons. The molecule has 0 saturated carbocycles. The predicted molar refractivity (Wildman–Crippen MR) is 66.4 cm³/mol.